The standard InChI is InChI=1S/C13H18BrNO/c1-9-5-6-10(13(16-2)12(9)14)8-11-4-3-7-15-11/h5-6,11,15H,3-4,7-8H2,1-2H3. The average Bonchev–Trinajstić information content (AvgIpc) is 2.77. The van der Waals surface area contributed by atoms with E-state index in [1.807, 2.05) is 0 Å². The molecule has 2 rings (SSSR count). The molecule has 1 atom stereocenters. The van der Waals surface area contributed by atoms with E-state index < -0.39 is 0 Å². The summed E-state index contributed by atoms with van der Waals surface area (Å²) < 4.78 is 6.58. The van der Waals surface area contributed by atoms with E-state index in [0.29, 0.717) is 6.04 Å². The summed E-state index contributed by atoms with van der Waals surface area (Å²) in [5, 5.41) is 3.52. The third-order valence-corrected chi connectivity index (χ3v) is 4.19. The number of hydrogen-bond donors (Lipinski definition) is 1. The lowest BCUT2D eigenvalue weighted by atomic mass is 10.0. The smallest absolute Gasteiger partial charge is 0.136 e. The maximum atomic E-state index is 5.49. The number of benzene rings is 1. The van der Waals surface area contributed by atoms with Gasteiger partial charge in [0.1, 0.15) is 5.75 Å². The fourth-order valence-electron chi connectivity index (χ4n) is 2.27. The Labute approximate surface area is 106 Å². The van der Waals surface area contributed by atoms with Crippen LogP contribution in [0.5, 0.6) is 5.75 Å². The number of rotatable bonds is 3. The van der Waals surface area contributed by atoms with Crippen molar-refractivity contribution in [1.82, 2.24) is 5.32 Å². The van der Waals surface area contributed by atoms with E-state index in [9.17, 15) is 0 Å². The van der Waals surface area contributed by atoms with E-state index >= 15 is 0 Å². The van der Waals surface area contributed by atoms with Crippen molar-refractivity contribution in [1.29, 1.82) is 0 Å². The zero-order valence-corrected chi connectivity index (χ0v) is 11.4. The zero-order valence-electron chi connectivity index (χ0n) is 9.85. The van der Waals surface area contributed by atoms with Gasteiger partial charge >= 0.3 is 0 Å². The van der Waals surface area contributed by atoms with Crippen molar-refractivity contribution in [3.63, 3.8) is 0 Å². The summed E-state index contributed by atoms with van der Waals surface area (Å²) >= 11 is 3.60. The normalized spacial score (nSPS) is 20.1. The van der Waals surface area contributed by atoms with Crippen LogP contribution in [0.2, 0.25) is 0 Å². The van der Waals surface area contributed by atoms with Gasteiger partial charge in [0.05, 0.1) is 11.6 Å². The van der Waals surface area contributed by atoms with E-state index in [1.54, 1.807) is 7.11 Å². The van der Waals surface area contributed by atoms with Crippen LogP contribution < -0.4 is 10.1 Å². The summed E-state index contributed by atoms with van der Waals surface area (Å²) in [5.74, 6) is 0.994. The van der Waals surface area contributed by atoms with Crippen LogP contribution in [0.25, 0.3) is 0 Å². The lowest BCUT2D eigenvalue weighted by Gasteiger charge is -2.15. The Morgan fingerprint density at radius 3 is 2.94 bits per heavy atom. The molecule has 2 nitrogen and oxygen atoms in total. The Morgan fingerprint density at radius 1 is 1.50 bits per heavy atom. The van der Waals surface area contributed by atoms with Gasteiger partial charge in [-0.2, -0.15) is 0 Å². The van der Waals surface area contributed by atoms with Gasteiger partial charge < -0.3 is 10.1 Å². The van der Waals surface area contributed by atoms with E-state index in [0.717, 1.165) is 23.2 Å². The Kier molecular flexibility index (Phi) is 3.87. The second kappa shape index (κ2) is 5.19. The molecule has 0 bridgehead atoms. The van der Waals surface area contributed by atoms with Crippen LogP contribution in [0.4, 0.5) is 0 Å². The first-order valence-corrected chi connectivity index (χ1v) is 6.57. The van der Waals surface area contributed by atoms with Crippen molar-refractivity contribution in [2.75, 3.05) is 13.7 Å². The van der Waals surface area contributed by atoms with Gasteiger partial charge in [-0.25, -0.2) is 0 Å². The van der Waals surface area contributed by atoms with Crippen molar-refractivity contribution in [3.8, 4) is 5.75 Å². The molecule has 1 saturated heterocycles. The third-order valence-electron chi connectivity index (χ3n) is 3.20. The molecule has 1 aliphatic rings. The first-order valence-electron chi connectivity index (χ1n) is 5.77. The lowest BCUT2D eigenvalue weighted by molar-refractivity contribution is 0.403. The molecule has 1 aliphatic heterocycles. The predicted octanol–water partition coefficient (Wildman–Crippen LogP) is 3.06. The van der Waals surface area contributed by atoms with Gasteiger partial charge in [-0.1, -0.05) is 12.1 Å². The first kappa shape index (κ1) is 11.9. The van der Waals surface area contributed by atoms with Gasteiger partial charge in [-0.15, -0.1) is 0 Å². The highest BCUT2D eigenvalue weighted by molar-refractivity contribution is 9.10. The third kappa shape index (κ3) is 2.41. The Morgan fingerprint density at radius 2 is 2.31 bits per heavy atom. The summed E-state index contributed by atoms with van der Waals surface area (Å²) in [6.07, 6.45) is 3.62. The molecular formula is C13H18BrNO. The molecule has 1 N–H and O–H groups in total. The minimum atomic E-state index is 0.614. The highest BCUT2D eigenvalue weighted by Crippen LogP contribution is 2.33. The minimum absolute atomic E-state index is 0.614. The molecule has 1 aromatic rings. The van der Waals surface area contributed by atoms with Gasteiger partial charge in [-0.05, 0) is 59.8 Å². The fourth-order valence-corrected chi connectivity index (χ4v) is 2.82. The van der Waals surface area contributed by atoms with E-state index in [4.69, 9.17) is 4.74 Å². The van der Waals surface area contributed by atoms with Crippen molar-refractivity contribution < 1.29 is 4.74 Å². The van der Waals surface area contributed by atoms with Gasteiger partial charge in [0.15, 0.2) is 0 Å². The van der Waals surface area contributed by atoms with Crippen molar-refractivity contribution in [2.45, 2.75) is 32.2 Å². The Hall–Kier alpha value is -0.540. The largest absolute Gasteiger partial charge is 0.495 e. The number of halogens is 1. The Bertz CT molecular complexity index is 372. The van der Waals surface area contributed by atoms with Crippen molar-refractivity contribution in [2.24, 2.45) is 0 Å². The van der Waals surface area contributed by atoms with Crippen molar-refractivity contribution >= 4 is 15.9 Å². The molecule has 1 aromatic carbocycles. The van der Waals surface area contributed by atoms with Gasteiger partial charge in [-0.3, -0.25) is 0 Å². The van der Waals surface area contributed by atoms with Gasteiger partial charge in [0.2, 0.25) is 0 Å². The molecule has 0 aromatic heterocycles. The molecule has 0 amide bonds. The van der Waals surface area contributed by atoms with Crippen molar-refractivity contribution in [3.05, 3.63) is 27.7 Å². The summed E-state index contributed by atoms with van der Waals surface area (Å²) in [6.45, 7) is 3.24. The summed E-state index contributed by atoms with van der Waals surface area (Å²) in [4.78, 5) is 0. The van der Waals surface area contributed by atoms with Crippen LogP contribution in [-0.2, 0) is 6.42 Å². The van der Waals surface area contributed by atoms with Gasteiger partial charge in [0, 0.05) is 6.04 Å². The highest BCUT2D eigenvalue weighted by Gasteiger charge is 2.18. The second-order valence-electron chi connectivity index (χ2n) is 4.39. The van der Waals surface area contributed by atoms with Crippen LogP contribution in [0, 0.1) is 6.92 Å². The van der Waals surface area contributed by atoms with Crippen LogP contribution in [0.1, 0.15) is 24.0 Å². The molecule has 1 fully saturated rings. The number of hydrogen-bond acceptors (Lipinski definition) is 2. The van der Waals surface area contributed by atoms with Crippen LogP contribution in [-0.4, -0.2) is 19.7 Å². The average molecular weight is 284 g/mol. The molecule has 88 valence electrons. The van der Waals surface area contributed by atoms with E-state index in [-0.39, 0.29) is 0 Å². The molecule has 16 heavy (non-hydrogen) atoms. The summed E-state index contributed by atoms with van der Waals surface area (Å²) in [5.41, 5.74) is 2.51. The molecule has 3 heteroatoms. The number of ether oxygens (including phenoxy) is 1. The summed E-state index contributed by atoms with van der Waals surface area (Å²) in [7, 11) is 1.74. The Balaban J connectivity index is 2.22. The molecule has 0 radical (unpaired) electrons. The van der Waals surface area contributed by atoms with Crippen LogP contribution in [0.3, 0.4) is 0 Å². The lowest BCUT2D eigenvalue weighted by Crippen LogP contribution is -2.23. The van der Waals surface area contributed by atoms with Crippen LogP contribution >= 0.6 is 15.9 Å². The van der Waals surface area contributed by atoms with Crippen LogP contribution in [0.15, 0.2) is 16.6 Å². The molecule has 0 saturated carbocycles. The number of methoxy groups -OCH3 is 1. The molecule has 1 heterocycles. The predicted molar refractivity (Wildman–Crippen MR) is 70.2 cm³/mol. The first-order chi connectivity index (χ1) is 7.72. The number of nitrogens with one attached hydrogen (secondary N) is 1. The van der Waals surface area contributed by atoms with E-state index in [1.165, 1.54) is 24.0 Å². The SMILES string of the molecule is COc1c(CC2CCCN2)ccc(C)c1Br. The molecule has 0 aliphatic carbocycles. The maximum Gasteiger partial charge on any atom is 0.136 e. The van der Waals surface area contributed by atoms with E-state index in [2.05, 4.69) is 40.3 Å². The van der Waals surface area contributed by atoms with Gasteiger partial charge in [0.25, 0.3) is 0 Å². The molecule has 1 unspecified atom stereocenters. The number of aryl methyl sites for hydroxylation is 1. The monoisotopic (exact) mass is 283 g/mol. The summed E-state index contributed by atoms with van der Waals surface area (Å²) in [6, 6.07) is 4.94. The topological polar surface area (TPSA) is 21.3 Å². The zero-order chi connectivity index (χ0) is 11.5. The maximum absolute atomic E-state index is 5.49. The second-order valence-corrected chi connectivity index (χ2v) is 5.18. The molecule has 0 spiro atoms. The molecular weight excluding hydrogens is 266 g/mol. The quantitative estimate of drug-likeness (QED) is 0.921. The fraction of sp³-hybridized carbons (Fsp3) is 0.538. The minimum Gasteiger partial charge on any atom is -0.495 e. The highest BCUT2D eigenvalue weighted by atomic mass is 79.9.